The minimum Gasteiger partial charge on any atom is -0.447 e. The van der Waals surface area contributed by atoms with Gasteiger partial charge in [0.25, 0.3) is 0 Å². The number of carbonyl (C=O) groups excluding carboxylic acids is 1. The number of anilines is 1. The van der Waals surface area contributed by atoms with Crippen LogP contribution in [-0.4, -0.2) is 48.5 Å². The van der Waals surface area contributed by atoms with Gasteiger partial charge in [-0.3, -0.25) is 10.00 Å². The number of halogens is 1. The van der Waals surface area contributed by atoms with Gasteiger partial charge in [-0.1, -0.05) is 26.0 Å². The van der Waals surface area contributed by atoms with Crippen molar-refractivity contribution in [2.75, 3.05) is 11.5 Å². The number of cyclic esters (lactones) is 1. The van der Waals surface area contributed by atoms with E-state index in [0.717, 1.165) is 0 Å². The molecule has 1 aliphatic heterocycles. The summed E-state index contributed by atoms with van der Waals surface area (Å²) in [5, 5.41) is 10.8. The van der Waals surface area contributed by atoms with E-state index in [-0.39, 0.29) is 12.0 Å². The van der Waals surface area contributed by atoms with Gasteiger partial charge in [0.1, 0.15) is 24.6 Å². The first-order valence-corrected chi connectivity index (χ1v) is 9.49. The number of hydrogen-bond acceptors (Lipinski definition) is 6. The minimum absolute atomic E-state index is 0.114. The highest BCUT2D eigenvalue weighted by atomic mass is 19.1. The normalized spacial score (nSPS) is 16.6. The smallest absolute Gasteiger partial charge is 0.415 e. The van der Waals surface area contributed by atoms with Crippen molar-refractivity contribution in [3.8, 4) is 22.5 Å². The van der Waals surface area contributed by atoms with E-state index >= 15 is 0 Å². The van der Waals surface area contributed by atoms with Crippen LogP contribution in [0.5, 0.6) is 0 Å². The van der Waals surface area contributed by atoms with Crippen molar-refractivity contribution >= 4 is 17.6 Å². The molecule has 10 heteroatoms. The summed E-state index contributed by atoms with van der Waals surface area (Å²) >= 11 is 0. The second-order valence-electron chi connectivity index (χ2n) is 7.40. The number of nitrogens with zero attached hydrogens (tertiary/aromatic N) is 6. The summed E-state index contributed by atoms with van der Waals surface area (Å²) in [4.78, 5) is 22.5. The van der Waals surface area contributed by atoms with Gasteiger partial charge in [-0.2, -0.15) is 10.2 Å². The number of carbonyl (C=O) groups is 1. The van der Waals surface area contributed by atoms with Crippen LogP contribution in [0.4, 0.5) is 15.0 Å². The van der Waals surface area contributed by atoms with Crippen LogP contribution in [0.25, 0.3) is 28.2 Å². The van der Waals surface area contributed by atoms with E-state index in [1.165, 1.54) is 12.4 Å². The van der Waals surface area contributed by atoms with Gasteiger partial charge >= 0.3 is 6.09 Å². The molecule has 30 heavy (non-hydrogen) atoms. The summed E-state index contributed by atoms with van der Waals surface area (Å²) in [5.41, 5.74) is 1.90. The number of H-pyrrole nitrogens is 1. The molecule has 5 rings (SSSR count). The molecule has 0 saturated carbocycles. The maximum Gasteiger partial charge on any atom is 0.415 e. The van der Waals surface area contributed by atoms with Gasteiger partial charge in [-0.15, -0.1) is 0 Å². The van der Waals surface area contributed by atoms with Crippen LogP contribution < -0.4 is 4.90 Å². The highest BCUT2D eigenvalue weighted by Gasteiger charge is 2.37. The van der Waals surface area contributed by atoms with Crippen LogP contribution in [-0.2, 0) is 4.74 Å². The molecule has 0 radical (unpaired) electrons. The molecular formula is C20H18FN7O2. The van der Waals surface area contributed by atoms with Crippen molar-refractivity contribution in [3.05, 3.63) is 48.8 Å². The minimum atomic E-state index is -0.438. The second-order valence-corrected chi connectivity index (χ2v) is 7.40. The highest BCUT2D eigenvalue weighted by Crippen LogP contribution is 2.31. The van der Waals surface area contributed by atoms with Gasteiger partial charge in [-0.05, 0) is 18.1 Å². The Morgan fingerprint density at radius 3 is 2.87 bits per heavy atom. The molecule has 152 valence electrons. The lowest BCUT2D eigenvalue weighted by atomic mass is 10.0. The van der Waals surface area contributed by atoms with Gasteiger partial charge in [-0.25, -0.2) is 23.7 Å². The first-order valence-electron chi connectivity index (χ1n) is 9.49. The van der Waals surface area contributed by atoms with Gasteiger partial charge < -0.3 is 4.74 Å². The number of fused-ring (bicyclic) bond motifs is 1. The molecule has 1 unspecified atom stereocenters. The molecule has 1 amide bonds. The largest absolute Gasteiger partial charge is 0.447 e. The molecule has 1 aromatic carbocycles. The third kappa shape index (κ3) is 2.88. The molecule has 0 bridgehead atoms. The zero-order valence-electron chi connectivity index (χ0n) is 16.3. The van der Waals surface area contributed by atoms with Crippen molar-refractivity contribution in [1.29, 1.82) is 0 Å². The van der Waals surface area contributed by atoms with Crippen LogP contribution in [0.1, 0.15) is 13.8 Å². The Kier molecular flexibility index (Phi) is 4.19. The maximum atomic E-state index is 15.0. The van der Waals surface area contributed by atoms with Crippen molar-refractivity contribution < 1.29 is 13.9 Å². The summed E-state index contributed by atoms with van der Waals surface area (Å²) in [5.74, 6) is 0.684. The maximum absolute atomic E-state index is 15.0. The molecular weight excluding hydrogens is 389 g/mol. The first kappa shape index (κ1) is 18.2. The molecule has 1 aliphatic rings. The fourth-order valence-electron chi connectivity index (χ4n) is 3.60. The predicted molar refractivity (Wildman–Crippen MR) is 106 cm³/mol. The predicted octanol–water partition coefficient (Wildman–Crippen LogP) is 3.30. The Balaban J connectivity index is 1.58. The lowest BCUT2D eigenvalue weighted by molar-refractivity contribution is 0.177. The Bertz CT molecular complexity index is 1240. The van der Waals surface area contributed by atoms with Gasteiger partial charge in [0.2, 0.25) is 0 Å². The van der Waals surface area contributed by atoms with E-state index in [9.17, 15) is 9.18 Å². The Labute approximate surface area is 170 Å². The van der Waals surface area contributed by atoms with Crippen molar-refractivity contribution in [2.45, 2.75) is 19.9 Å². The third-order valence-electron chi connectivity index (χ3n) is 5.22. The lowest BCUT2D eigenvalue weighted by Gasteiger charge is -2.23. The second kappa shape index (κ2) is 6.90. The number of aromatic amines is 1. The van der Waals surface area contributed by atoms with E-state index in [0.29, 0.717) is 40.6 Å². The SMILES string of the molecule is CC(C)C1COC(=O)N1c1ccn2ncc(-c3ccc(-c4ncn[nH]4)cc3F)c2n1. The van der Waals surface area contributed by atoms with E-state index in [1.807, 2.05) is 13.8 Å². The first-order chi connectivity index (χ1) is 14.5. The van der Waals surface area contributed by atoms with Crippen molar-refractivity contribution in [1.82, 2.24) is 29.8 Å². The Hall–Kier alpha value is -3.82. The molecule has 1 fully saturated rings. The van der Waals surface area contributed by atoms with Gasteiger partial charge in [0.05, 0.1) is 12.2 Å². The van der Waals surface area contributed by atoms with E-state index < -0.39 is 11.9 Å². The molecule has 3 aromatic heterocycles. The summed E-state index contributed by atoms with van der Waals surface area (Å²) in [6, 6.07) is 6.38. The zero-order chi connectivity index (χ0) is 20.8. The molecule has 0 aliphatic carbocycles. The number of ether oxygens (including phenoxy) is 1. The quantitative estimate of drug-likeness (QED) is 0.557. The van der Waals surface area contributed by atoms with E-state index in [2.05, 4.69) is 25.3 Å². The molecule has 4 aromatic rings. The van der Waals surface area contributed by atoms with Crippen LogP contribution in [0, 0.1) is 11.7 Å². The van der Waals surface area contributed by atoms with Crippen LogP contribution in [0.3, 0.4) is 0 Å². The molecule has 9 nitrogen and oxygen atoms in total. The monoisotopic (exact) mass is 407 g/mol. The highest BCUT2D eigenvalue weighted by molar-refractivity contribution is 5.90. The summed E-state index contributed by atoms with van der Waals surface area (Å²) < 4.78 is 21.7. The van der Waals surface area contributed by atoms with Gasteiger partial charge in [0, 0.05) is 22.9 Å². The summed E-state index contributed by atoms with van der Waals surface area (Å²) in [6.45, 7) is 4.36. The Morgan fingerprint density at radius 2 is 2.13 bits per heavy atom. The number of rotatable bonds is 4. The molecule has 1 atom stereocenters. The number of aromatic nitrogens is 6. The number of amides is 1. The number of benzene rings is 1. The van der Waals surface area contributed by atoms with Crippen LogP contribution >= 0.6 is 0 Å². The zero-order valence-corrected chi connectivity index (χ0v) is 16.3. The average Bonchev–Trinajstić information content (AvgIpc) is 3.47. The van der Waals surface area contributed by atoms with Crippen LogP contribution in [0.15, 0.2) is 43.0 Å². The standard InChI is InChI=1S/C20H18FN7O2/c1-11(2)16-9-30-20(29)28(16)17-5-6-27-19(25-17)14(8-24-27)13-4-3-12(7-15(13)21)18-22-10-23-26-18/h3-8,10-11,16H,9H2,1-2H3,(H,22,23,26). The molecule has 4 heterocycles. The third-order valence-corrected chi connectivity index (χ3v) is 5.22. The molecule has 1 saturated heterocycles. The van der Waals surface area contributed by atoms with E-state index in [1.54, 1.807) is 40.0 Å². The molecule has 1 N–H and O–H groups in total. The summed E-state index contributed by atoms with van der Waals surface area (Å²) in [7, 11) is 0. The Morgan fingerprint density at radius 1 is 1.27 bits per heavy atom. The fourth-order valence-corrected chi connectivity index (χ4v) is 3.60. The molecule has 0 spiro atoms. The van der Waals surface area contributed by atoms with E-state index in [4.69, 9.17) is 4.74 Å². The van der Waals surface area contributed by atoms with Crippen molar-refractivity contribution in [3.63, 3.8) is 0 Å². The number of hydrogen-bond donors (Lipinski definition) is 1. The topological polar surface area (TPSA) is 101 Å². The number of nitrogens with one attached hydrogen (secondary N) is 1. The van der Waals surface area contributed by atoms with Crippen molar-refractivity contribution in [2.24, 2.45) is 5.92 Å². The van der Waals surface area contributed by atoms with Crippen LogP contribution in [0.2, 0.25) is 0 Å². The lowest BCUT2D eigenvalue weighted by Crippen LogP contribution is -2.37. The summed E-state index contributed by atoms with van der Waals surface area (Å²) in [6.07, 6.45) is 4.19. The average molecular weight is 407 g/mol. The fraction of sp³-hybridized carbons (Fsp3) is 0.250. The van der Waals surface area contributed by atoms with Gasteiger partial charge in [0.15, 0.2) is 11.5 Å².